The van der Waals surface area contributed by atoms with E-state index in [1.165, 1.54) is 4.90 Å². The smallest absolute Gasteiger partial charge is 0.273 e. The number of nitrogen functional groups attached to an aromatic ring is 1. The quantitative estimate of drug-likeness (QED) is 0.420. The third-order valence-corrected chi connectivity index (χ3v) is 6.78. The Kier molecular flexibility index (Phi) is 7.41. The molecule has 36 heavy (non-hydrogen) atoms. The number of benzene rings is 1. The summed E-state index contributed by atoms with van der Waals surface area (Å²) in [5.41, 5.74) is 13.4. The van der Waals surface area contributed by atoms with Gasteiger partial charge in [-0.15, -0.1) is 0 Å². The van der Waals surface area contributed by atoms with Crippen LogP contribution in [-0.4, -0.2) is 41.4 Å². The Morgan fingerprint density at radius 2 is 1.92 bits per heavy atom. The van der Waals surface area contributed by atoms with Crippen molar-refractivity contribution in [1.82, 2.24) is 9.69 Å². The van der Waals surface area contributed by atoms with Gasteiger partial charge in [0, 0.05) is 18.8 Å². The molecule has 1 aliphatic heterocycles. The lowest BCUT2D eigenvalue weighted by Gasteiger charge is -2.30. The number of carbonyl (C=O) groups excluding carboxylic acids is 3. The van der Waals surface area contributed by atoms with E-state index in [-0.39, 0.29) is 28.1 Å². The normalized spacial score (nSPS) is 16.0. The predicted molar refractivity (Wildman–Crippen MR) is 136 cm³/mol. The van der Waals surface area contributed by atoms with E-state index in [0.717, 1.165) is 35.5 Å². The molecule has 3 aromatic rings. The molecule has 0 radical (unpaired) electrons. The van der Waals surface area contributed by atoms with Gasteiger partial charge in [0.25, 0.3) is 17.7 Å². The molecule has 0 unspecified atom stereocenters. The van der Waals surface area contributed by atoms with Crippen molar-refractivity contribution in [3.63, 3.8) is 0 Å². The van der Waals surface area contributed by atoms with E-state index in [1.54, 1.807) is 31.2 Å². The van der Waals surface area contributed by atoms with Crippen molar-refractivity contribution in [1.29, 1.82) is 0 Å². The van der Waals surface area contributed by atoms with Crippen LogP contribution in [0.1, 0.15) is 61.7 Å². The van der Waals surface area contributed by atoms with Crippen LogP contribution >= 0.6 is 11.5 Å². The Morgan fingerprint density at radius 1 is 1.19 bits per heavy atom. The van der Waals surface area contributed by atoms with Crippen molar-refractivity contribution in [2.75, 3.05) is 23.8 Å². The number of amides is 3. The first kappa shape index (κ1) is 25.4. The van der Waals surface area contributed by atoms with Gasteiger partial charge >= 0.3 is 0 Å². The fourth-order valence-corrected chi connectivity index (χ4v) is 5.04. The topological polar surface area (TPSA) is 154 Å². The van der Waals surface area contributed by atoms with E-state index in [4.69, 9.17) is 20.6 Å². The number of carbonyl (C=O) groups is 3. The van der Waals surface area contributed by atoms with E-state index >= 15 is 0 Å². The molecule has 3 heterocycles. The van der Waals surface area contributed by atoms with Gasteiger partial charge in [0.05, 0.1) is 11.8 Å². The molecule has 2 aromatic heterocycles. The molecule has 1 aromatic carbocycles. The first-order valence-electron chi connectivity index (χ1n) is 11.6. The highest BCUT2D eigenvalue weighted by molar-refractivity contribution is 7.09. The number of nitrogens with one attached hydrogen (secondary N) is 1. The molecular weight excluding hydrogens is 482 g/mol. The zero-order valence-electron chi connectivity index (χ0n) is 20.4. The molecule has 0 spiro atoms. The summed E-state index contributed by atoms with van der Waals surface area (Å²) in [6, 6.07) is 7.79. The predicted octanol–water partition coefficient (Wildman–Crippen LogP) is 3.03. The van der Waals surface area contributed by atoms with E-state index in [1.807, 2.05) is 19.9 Å². The molecular formula is C25H29N5O5S. The largest absolute Gasteiger partial charge is 0.464 e. The first-order chi connectivity index (χ1) is 17.2. The van der Waals surface area contributed by atoms with E-state index < -0.39 is 23.8 Å². The highest BCUT2D eigenvalue weighted by atomic mass is 32.1. The van der Waals surface area contributed by atoms with Crippen LogP contribution in [0.2, 0.25) is 0 Å². The van der Waals surface area contributed by atoms with Gasteiger partial charge in [0.2, 0.25) is 0 Å². The molecule has 4 rings (SSSR count). The maximum atomic E-state index is 14.0. The van der Waals surface area contributed by atoms with Gasteiger partial charge in [-0.25, -0.2) is 0 Å². The van der Waals surface area contributed by atoms with Gasteiger partial charge < -0.3 is 25.9 Å². The minimum Gasteiger partial charge on any atom is -0.464 e. The summed E-state index contributed by atoms with van der Waals surface area (Å²) in [7, 11) is 0. The Balaban J connectivity index is 1.82. The average Bonchev–Trinajstić information content (AvgIpc) is 3.56. The van der Waals surface area contributed by atoms with Crippen molar-refractivity contribution in [2.45, 2.75) is 45.8 Å². The lowest BCUT2D eigenvalue weighted by molar-refractivity contribution is -0.123. The summed E-state index contributed by atoms with van der Waals surface area (Å²) in [4.78, 5) is 40.8. The van der Waals surface area contributed by atoms with Crippen LogP contribution in [0, 0.1) is 20.8 Å². The zero-order chi connectivity index (χ0) is 26.0. The Labute approximate surface area is 212 Å². The van der Waals surface area contributed by atoms with Gasteiger partial charge in [0.1, 0.15) is 16.4 Å². The SMILES string of the molecule is Cc1cc(C)cc(N(C(=O)c2snc(C(N)=O)c2N)[C@H](C(=O)NC[C@H]2CCCO2)c2ccc(C)o2)c1. The molecule has 2 atom stereocenters. The van der Waals surface area contributed by atoms with Crippen LogP contribution in [-0.2, 0) is 9.53 Å². The number of hydrogen-bond donors (Lipinski definition) is 3. The second-order valence-electron chi connectivity index (χ2n) is 8.89. The maximum Gasteiger partial charge on any atom is 0.273 e. The molecule has 3 amide bonds. The molecule has 11 heteroatoms. The molecule has 0 bridgehead atoms. The molecule has 1 fully saturated rings. The van der Waals surface area contributed by atoms with Crippen molar-refractivity contribution in [3.8, 4) is 0 Å². The molecule has 190 valence electrons. The zero-order valence-corrected chi connectivity index (χ0v) is 21.2. The number of anilines is 2. The van der Waals surface area contributed by atoms with Gasteiger partial charge in [-0.3, -0.25) is 19.3 Å². The fraction of sp³-hybridized carbons (Fsp3) is 0.360. The average molecular weight is 512 g/mol. The third kappa shape index (κ3) is 5.26. The first-order valence-corrected chi connectivity index (χ1v) is 12.4. The van der Waals surface area contributed by atoms with Crippen molar-refractivity contribution in [2.24, 2.45) is 5.73 Å². The number of furan rings is 1. The minimum atomic E-state index is -1.16. The number of nitrogens with zero attached hydrogens (tertiary/aromatic N) is 2. The monoisotopic (exact) mass is 511 g/mol. The minimum absolute atomic E-state index is 0.00293. The number of primary amides is 1. The Bertz CT molecular complexity index is 1270. The van der Waals surface area contributed by atoms with Gasteiger partial charge in [-0.2, -0.15) is 4.37 Å². The summed E-state index contributed by atoms with van der Waals surface area (Å²) in [6.45, 7) is 6.51. The van der Waals surface area contributed by atoms with Crippen LogP contribution in [0.4, 0.5) is 11.4 Å². The number of ether oxygens (including phenoxy) is 1. The molecule has 0 saturated carbocycles. The van der Waals surface area contributed by atoms with Crippen LogP contribution in [0.5, 0.6) is 0 Å². The van der Waals surface area contributed by atoms with Gasteiger partial charge in [-0.1, -0.05) is 6.07 Å². The molecule has 10 nitrogen and oxygen atoms in total. The Hall–Kier alpha value is -3.70. The van der Waals surface area contributed by atoms with Crippen LogP contribution in [0.15, 0.2) is 34.7 Å². The summed E-state index contributed by atoms with van der Waals surface area (Å²) in [5.74, 6) is -1.02. The molecule has 1 aliphatic rings. The van der Waals surface area contributed by atoms with E-state index in [0.29, 0.717) is 24.6 Å². The number of aryl methyl sites for hydroxylation is 3. The van der Waals surface area contributed by atoms with Crippen molar-refractivity contribution in [3.05, 3.63) is 63.6 Å². The fourth-order valence-electron chi connectivity index (χ4n) is 4.30. The van der Waals surface area contributed by atoms with E-state index in [2.05, 4.69) is 9.69 Å². The van der Waals surface area contributed by atoms with Crippen LogP contribution in [0.25, 0.3) is 0 Å². The summed E-state index contributed by atoms with van der Waals surface area (Å²) in [5, 5.41) is 2.92. The number of nitrogens with two attached hydrogens (primary N) is 2. The van der Waals surface area contributed by atoms with Crippen molar-refractivity contribution >= 4 is 40.6 Å². The van der Waals surface area contributed by atoms with Crippen molar-refractivity contribution < 1.29 is 23.5 Å². The second kappa shape index (κ2) is 10.5. The standard InChI is InChI=1S/C25H29N5O5S/c1-13-9-14(2)11-16(10-13)30(25(33)22-19(26)20(23(27)31)29-36-22)21(18-7-6-15(3)35-18)24(32)28-12-17-5-4-8-34-17/h6-7,9-11,17,21H,4-5,8,12,26H2,1-3H3,(H2,27,31)(H,28,32)/t17-,21+/m1/s1. The molecule has 5 N–H and O–H groups in total. The van der Waals surface area contributed by atoms with Gasteiger partial charge in [-0.05, 0) is 80.5 Å². The van der Waals surface area contributed by atoms with Crippen LogP contribution < -0.4 is 21.7 Å². The summed E-state index contributed by atoms with van der Waals surface area (Å²) >= 11 is 0.758. The lowest BCUT2D eigenvalue weighted by Crippen LogP contribution is -2.45. The third-order valence-electron chi connectivity index (χ3n) is 5.92. The van der Waals surface area contributed by atoms with Gasteiger partial charge in [0.15, 0.2) is 11.7 Å². The number of aromatic nitrogens is 1. The number of hydrogen-bond acceptors (Lipinski definition) is 8. The molecule has 1 saturated heterocycles. The lowest BCUT2D eigenvalue weighted by atomic mass is 10.1. The van der Waals surface area contributed by atoms with E-state index in [9.17, 15) is 14.4 Å². The molecule has 0 aliphatic carbocycles. The summed E-state index contributed by atoms with van der Waals surface area (Å²) in [6.07, 6.45) is 1.69. The second-order valence-corrected chi connectivity index (χ2v) is 9.66. The highest BCUT2D eigenvalue weighted by Crippen LogP contribution is 2.34. The Morgan fingerprint density at radius 3 is 2.47 bits per heavy atom. The highest BCUT2D eigenvalue weighted by Gasteiger charge is 2.38. The maximum absolute atomic E-state index is 14.0. The number of rotatable bonds is 8. The van der Waals surface area contributed by atoms with Crippen LogP contribution in [0.3, 0.4) is 0 Å². The summed E-state index contributed by atoms with van der Waals surface area (Å²) < 4.78 is 15.5.